The normalized spacial score (nSPS) is 19.4. The van der Waals surface area contributed by atoms with E-state index < -0.39 is 5.60 Å². The lowest BCUT2D eigenvalue weighted by molar-refractivity contribution is 0.0137. The summed E-state index contributed by atoms with van der Waals surface area (Å²) in [4.78, 5) is 21.0. The summed E-state index contributed by atoms with van der Waals surface area (Å²) in [5, 5.41) is 3.43. The highest BCUT2D eigenvalue weighted by atomic mass is 16.6. The number of fused-ring (bicyclic) bond motifs is 1. The lowest BCUT2D eigenvalue weighted by atomic mass is 10.1. The second-order valence-corrected chi connectivity index (χ2v) is 8.11. The van der Waals surface area contributed by atoms with Crippen LogP contribution >= 0.6 is 0 Å². The van der Waals surface area contributed by atoms with Crippen molar-refractivity contribution in [3.8, 4) is 5.75 Å². The molecule has 0 saturated carbocycles. The zero-order valence-electron chi connectivity index (χ0n) is 16.9. The smallest absolute Gasteiger partial charge is 0.410 e. The Kier molecular flexibility index (Phi) is 5.48. The molecule has 0 aliphatic carbocycles. The maximum absolute atomic E-state index is 12.3. The number of carbonyl (C=O) groups excluding carboxylic acids is 1. The second kappa shape index (κ2) is 7.66. The number of piperazine rings is 1. The number of hydrogen-bond donors (Lipinski definition) is 1. The summed E-state index contributed by atoms with van der Waals surface area (Å²) in [7, 11) is 1.69. The summed E-state index contributed by atoms with van der Waals surface area (Å²) in [6.45, 7) is 11.1. The molecule has 3 rings (SSSR count). The average Bonchev–Trinajstić information content (AvgIpc) is 3.01. The minimum Gasteiger partial charge on any atom is -0.496 e. The van der Waals surface area contributed by atoms with Crippen LogP contribution in [0.2, 0.25) is 0 Å². The van der Waals surface area contributed by atoms with E-state index in [9.17, 15) is 4.79 Å². The lowest BCUT2D eigenvalue weighted by Gasteiger charge is -2.39. The van der Waals surface area contributed by atoms with Crippen molar-refractivity contribution in [2.75, 3.05) is 33.3 Å². The van der Waals surface area contributed by atoms with Crippen molar-refractivity contribution >= 4 is 12.1 Å². The zero-order valence-corrected chi connectivity index (χ0v) is 16.9. The maximum atomic E-state index is 12.3. The molecule has 1 aromatic rings. The highest BCUT2D eigenvalue weighted by Gasteiger charge is 2.36. The van der Waals surface area contributed by atoms with Gasteiger partial charge in [0.15, 0.2) is 5.96 Å². The molecule has 1 N–H and O–H groups in total. The van der Waals surface area contributed by atoms with Crippen LogP contribution in [0.1, 0.15) is 31.9 Å². The topological polar surface area (TPSA) is 66.4 Å². The molecule has 7 nitrogen and oxygen atoms in total. The quantitative estimate of drug-likeness (QED) is 0.880. The van der Waals surface area contributed by atoms with Crippen molar-refractivity contribution in [3.63, 3.8) is 0 Å². The molecule has 2 aliphatic heterocycles. The Labute approximate surface area is 161 Å². The maximum Gasteiger partial charge on any atom is 0.410 e. The van der Waals surface area contributed by atoms with Crippen molar-refractivity contribution in [2.24, 2.45) is 4.99 Å². The molecule has 1 atom stereocenters. The largest absolute Gasteiger partial charge is 0.496 e. The van der Waals surface area contributed by atoms with Gasteiger partial charge < -0.3 is 24.6 Å². The number of carbonyl (C=O) groups is 1. The van der Waals surface area contributed by atoms with Crippen LogP contribution in [0.3, 0.4) is 0 Å². The third kappa shape index (κ3) is 4.64. The summed E-state index contributed by atoms with van der Waals surface area (Å²) in [5.74, 6) is 1.78. The molecule has 7 heteroatoms. The molecule has 2 heterocycles. The number of aliphatic imine (C=N–C) groups is 1. The monoisotopic (exact) mass is 374 g/mol. The minimum absolute atomic E-state index is 0.202. The van der Waals surface area contributed by atoms with Crippen LogP contribution in [0.25, 0.3) is 0 Å². The fourth-order valence-electron chi connectivity index (χ4n) is 3.39. The zero-order chi connectivity index (χ0) is 19.6. The fraction of sp³-hybridized carbons (Fsp3) is 0.600. The molecule has 1 aromatic carbocycles. The van der Waals surface area contributed by atoms with Crippen LogP contribution < -0.4 is 10.1 Å². The summed E-state index contributed by atoms with van der Waals surface area (Å²) in [5.41, 5.74) is 1.80. The number of hydrogen-bond acceptors (Lipinski definition) is 6. The standard InChI is InChI=1S/C20H30N4O3/c1-14-6-7-15(17(10-14)26-5)11-21-18-22-12-16-13-23(8-9-24(16)18)19(25)27-20(2,3)4/h6-7,10,16H,8-9,11-13H2,1-5H3,(H,21,22). The van der Waals surface area contributed by atoms with Crippen LogP contribution in [-0.2, 0) is 11.3 Å². The molecular weight excluding hydrogens is 344 g/mol. The average molecular weight is 374 g/mol. The molecule has 1 saturated heterocycles. The first-order chi connectivity index (χ1) is 12.8. The van der Waals surface area contributed by atoms with Crippen molar-refractivity contribution in [1.29, 1.82) is 0 Å². The lowest BCUT2D eigenvalue weighted by Crippen LogP contribution is -2.57. The number of rotatable bonds is 3. The van der Waals surface area contributed by atoms with E-state index in [1.54, 1.807) is 12.0 Å². The number of nitrogens with one attached hydrogen (secondary N) is 1. The predicted molar refractivity (Wildman–Crippen MR) is 105 cm³/mol. The number of aryl methyl sites for hydroxylation is 1. The molecule has 2 aliphatic rings. The van der Waals surface area contributed by atoms with Crippen molar-refractivity contribution < 1.29 is 14.3 Å². The first kappa shape index (κ1) is 19.3. The van der Waals surface area contributed by atoms with Gasteiger partial charge in [-0.25, -0.2) is 4.79 Å². The summed E-state index contributed by atoms with van der Waals surface area (Å²) < 4.78 is 11.0. The van der Waals surface area contributed by atoms with Gasteiger partial charge in [-0.3, -0.25) is 4.99 Å². The fourth-order valence-corrected chi connectivity index (χ4v) is 3.39. The van der Waals surface area contributed by atoms with Crippen molar-refractivity contribution in [1.82, 2.24) is 15.1 Å². The van der Waals surface area contributed by atoms with Gasteiger partial charge in [0, 0.05) is 31.7 Å². The first-order valence-corrected chi connectivity index (χ1v) is 9.43. The number of methoxy groups -OCH3 is 1. The van der Waals surface area contributed by atoms with E-state index in [4.69, 9.17) is 9.47 Å². The van der Waals surface area contributed by atoms with Gasteiger partial charge in [0.1, 0.15) is 11.4 Å². The summed E-state index contributed by atoms with van der Waals surface area (Å²) in [6, 6.07) is 6.40. The number of guanidine groups is 1. The third-order valence-electron chi connectivity index (χ3n) is 4.74. The first-order valence-electron chi connectivity index (χ1n) is 9.43. The van der Waals surface area contributed by atoms with Crippen LogP contribution in [0.4, 0.5) is 4.79 Å². The van der Waals surface area contributed by atoms with Crippen LogP contribution in [0.15, 0.2) is 23.2 Å². The van der Waals surface area contributed by atoms with E-state index in [1.165, 1.54) is 5.56 Å². The highest BCUT2D eigenvalue weighted by Crippen LogP contribution is 2.21. The number of ether oxygens (including phenoxy) is 2. The Hall–Kier alpha value is -2.44. The summed E-state index contributed by atoms with van der Waals surface area (Å²) >= 11 is 0. The van der Waals surface area contributed by atoms with Crippen LogP contribution in [-0.4, -0.2) is 66.8 Å². The second-order valence-electron chi connectivity index (χ2n) is 8.11. The predicted octanol–water partition coefficient (Wildman–Crippen LogP) is 2.38. The molecule has 1 fully saturated rings. The molecular formula is C20H30N4O3. The molecule has 0 radical (unpaired) electrons. The van der Waals surface area contributed by atoms with Crippen molar-refractivity contribution in [2.45, 2.75) is 45.9 Å². The molecule has 1 unspecified atom stereocenters. The van der Waals surface area contributed by atoms with E-state index in [-0.39, 0.29) is 12.1 Å². The Bertz CT molecular complexity index is 726. The van der Waals surface area contributed by atoms with E-state index in [0.29, 0.717) is 26.2 Å². The number of amides is 1. The third-order valence-corrected chi connectivity index (χ3v) is 4.74. The SMILES string of the molecule is COc1cc(C)ccc1CNC1=NCC2CN(C(=O)OC(C)(C)C)CCN12. The molecule has 27 heavy (non-hydrogen) atoms. The molecule has 0 spiro atoms. The Morgan fingerprint density at radius 3 is 2.81 bits per heavy atom. The van der Waals surface area contributed by atoms with E-state index in [0.717, 1.165) is 23.8 Å². The Morgan fingerprint density at radius 2 is 2.11 bits per heavy atom. The van der Waals surface area contributed by atoms with Gasteiger partial charge in [-0.15, -0.1) is 0 Å². The van der Waals surface area contributed by atoms with Gasteiger partial charge in [0.2, 0.25) is 0 Å². The molecule has 0 bridgehead atoms. The van der Waals surface area contributed by atoms with Gasteiger partial charge in [0.05, 0.1) is 19.7 Å². The summed E-state index contributed by atoms with van der Waals surface area (Å²) in [6.07, 6.45) is -0.243. The van der Waals surface area contributed by atoms with Gasteiger partial charge in [-0.1, -0.05) is 12.1 Å². The highest BCUT2D eigenvalue weighted by molar-refractivity contribution is 5.82. The Morgan fingerprint density at radius 1 is 1.33 bits per heavy atom. The van der Waals surface area contributed by atoms with Gasteiger partial charge in [0.25, 0.3) is 0 Å². The van der Waals surface area contributed by atoms with E-state index in [2.05, 4.69) is 34.3 Å². The van der Waals surface area contributed by atoms with E-state index in [1.807, 2.05) is 26.8 Å². The number of benzene rings is 1. The molecule has 148 valence electrons. The molecule has 1 amide bonds. The Balaban J connectivity index is 1.56. The van der Waals surface area contributed by atoms with Gasteiger partial charge in [-0.05, 0) is 39.3 Å². The van der Waals surface area contributed by atoms with Crippen LogP contribution in [0, 0.1) is 6.92 Å². The van der Waals surface area contributed by atoms with Gasteiger partial charge in [-0.2, -0.15) is 0 Å². The van der Waals surface area contributed by atoms with E-state index >= 15 is 0 Å². The van der Waals surface area contributed by atoms with Gasteiger partial charge >= 0.3 is 6.09 Å². The minimum atomic E-state index is -0.472. The van der Waals surface area contributed by atoms with Crippen LogP contribution in [0.5, 0.6) is 5.75 Å². The van der Waals surface area contributed by atoms with Crippen molar-refractivity contribution in [3.05, 3.63) is 29.3 Å². The molecule has 0 aromatic heterocycles. The number of nitrogens with zero attached hydrogens (tertiary/aromatic N) is 3.